The first-order chi connectivity index (χ1) is 7.63. The van der Waals surface area contributed by atoms with Gasteiger partial charge in [0.1, 0.15) is 5.75 Å². The number of nitrogens with two attached hydrogens (primary N) is 1. The van der Waals surface area contributed by atoms with Crippen LogP contribution in [0.3, 0.4) is 0 Å². The lowest BCUT2D eigenvalue weighted by atomic mass is 10.2. The van der Waals surface area contributed by atoms with Crippen molar-refractivity contribution < 1.29 is 19.7 Å². The molecular weight excluding hydrogens is 210 g/mol. The van der Waals surface area contributed by atoms with E-state index in [4.69, 9.17) is 20.7 Å². The Bertz CT molecular complexity index is 354. The standard InChI is InChI=1S/C11H15NO4/c12-11(15)8-2-1-3-10(6-8)16-5-4-9(14)7-13/h1-3,6,9,13-14H,4-5,7H2,(H2,12,15). The Morgan fingerprint density at radius 3 is 2.88 bits per heavy atom. The molecule has 0 aliphatic carbocycles. The molecule has 0 fully saturated rings. The number of amides is 1. The van der Waals surface area contributed by atoms with Gasteiger partial charge < -0.3 is 20.7 Å². The highest BCUT2D eigenvalue weighted by molar-refractivity contribution is 5.93. The molecule has 4 N–H and O–H groups in total. The molecule has 1 unspecified atom stereocenters. The summed E-state index contributed by atoms with van der Waals surface area (Å²) in [4.78, 5) is 10.9. The van der Waals surface area contributed by atoms with Crippen molar-refractivity contribution in [1.82, 2.24) is 0 Å². The first kappa shape index (κ1) is 12.5. The van der Waals surface area contributed by atoms with E-state index in [-0.39, 0.29) is 13.2 Å². The van der Waals surface area contributed by atoms with E-state index in [1.54, 1.807) is 18.2 Å². The Kier molecular flexibility index (Phi) is 4.75. The van der Waals surface area contributed by atoms with Gasteiger partial charge in [0, 0.05) is 12.0 Å². The van der Waals surface area contributed by atoms with Crippen LogP contribution in [0.1, 0.15) is 16.8 Å². The minimum Gasteiger partial charge on any atom is -0.493 e. The summed E-state index contributed by atoms with van der Waals surface area (Å²) in [5.74, 6) is 0.00211. The van der Waals surface area contributed by atoms with Gasteiger partial charge in [0.2, 0.25) is 5.91 Å². The highest BCUT2D eigenvalue weighted by Crippen LogP contribution is 2.13. The number of rotatable bonds is 6. The van der Waals surface area contributed by atoms with Gasteiger partial charge in [0.25, 0.3) is 0 Å². The third kappa shape index (κ3) is 3.88. The molecular formula is C11H15NO4. The average molecular weight is 225 g/mol. The van der Waals surface area contributed by atoms with Gasteiger partial charge in [0.05, 0.1) is 19.3 Å². The molecule has 0 aliphatic heterocycles. The number of carbonyl (C=O) groups is 1. The van der Waals surface area contributed by atoms with Crippen molar-refractivity contribution in [3.8, 4) is 5.75 Å². The Morgan fingerprint density at radius 1 is 1.50 bits per heavy atom. The van der Waals surface area contributed by atoms with Crippen LogP contribution >= 0.6 is 0 Å². The van der Waals surface area contributed by atoms with Crippen molar-refractivity contribution in [3.63, 3.8) is 0 Å². The van der Waals surface area contributed by atoms with E-state index in [9.17, 15) is 4.79 Å². The fourth-order valence-corrected chi connectivity index (χ4v) is 1.14. The number of carbonyl (C=O) groups excluding carboxylic acids is 1. The lowest BCUT2D eigenvalue weighted by molar-refractivity contribution is 0.0753. The van der Waals surface area contributed by atoms with Gasteiger partial charge in [-0.15, -0.1) is 0 Å². The monoisotopic (exact) mass is 225 g/mol. The van der Waals surface area contributed by atoms with E-state index in [1.807, 2.05) is 0 Å². The van der Waals surface area contributed by atoms with Crippen LogP contribution in [-0.2, 0) is 0 Å². The van der Waals surface area contributed by atoms with Gasteiger partial charge in [-0.3, -0.25) is 4.79 Å². The zero-order chi connectivity index (χ0) is 12.0. The first-order valence-corrected chi connectivity index (χ1v) is 4.95. The van der Waals surface area contributed by atoms with Gasteiger partial charge in [-0.2, -0.15) is 0 Å². The highest BCUT2D eigenvalue weighted by atomic mass is 16.5. The molecule has 0 saturated carbocycles. The molecule has 1 atom stereocenters. The molecule has 88 valence electrons. The van der Waals surface area contributed by atoms with E-state index in [0.717, 1.165) is 0 Å². The molecule has 0 aliphatic rings. The Hall–Kier alpha value is -1.59. The normalized spacial score (nSPS) is 12.1. The van der Waals surface area contributed by atoms with E-state index in [2.05, 4.69) is 0 Å². The second-order valence-electron chi connectivity index (χ2n) is 3.37. The summed E-state index contributed by atoms with van der Waals surface area (Å²) in [6, 6.07) is 6.49. The maximum Gasteiger partial charge on any atom is 0.248 e. The number of hydrogen-bond acceptors (Lipinski definition) is 4. The molecule has 0 spiro atoms. The summed E-state index contributed by atoms with van der Waals surface area (Å²) in [6.07, 6.45) is -0.448. The van der Waals surface area contributed by atoms with Crippen molar-refractivity contribution in [2.45, 2.75) is 12.5 Å². The fraction of sp³-hybridized carbons (Fsp3) is 0.364. The summed E-state index contributed by atoms with van der Waals surface area (Å²) in [7, 11) is 0. The van der Waals surface area contributed by atoms with Gasteiger partial charge >= 0.3 is 0 Å². The Balaban J connectivity index is 2.48. The maximum absolute atomic E-state index is 10.9. The molecule has 16 heavy (non-hydrogen) atoms. The summed E-state index contributed by atoms with van der Waals surface area (Å²) >= 11 is 0. The molecule has 5 nitrogen and oxygen atoms in total. The predicted molar refractivity (Wildman–Crippen MR) is 58.2 cm³/mol. The van der Waals surface area contributed by atoms with Crippen LogP contribution < -0.4 is 10.5 Å². The average Bonchev–Trinajstić information content (AvgIpc) is 2.29. The van der Waals surface area contributed by atoms with Crippen molar-refractivity contribution >= 4 is 5.91 Å². The minimum absolute atomic E-state index is 0.268. The minimum atomic E-state index is -0.778. The number of aliphatic hydroxyl groups is 2. The van der Waals surface area contributed by atoms with Gasteiger partial charge in [-0.25, -0.2) is 0 Å². The number of aliphatic hydroxyl groups excluding tert-OH is 2. The van der Waals surface area contributed by atoms with Gasteiger partial charge in [0.15, 0.2) is 0 Å². The molecule has 0 aromatic heterocycles. The summed E-state index contributed by atoms with van der Waals surface area (Å²) < 4.78 is 5.29. The smallest absolute Gasteiger partial charge is 0.248 e. The van der Waals surface area contributed by atoms with Crippen molar-refractivity contribution in [2.75, 3.05) is 13.2 Å². The molecule has 0 bridgehead atoms. The van der Waals surface area contributed by atoms with E-state index in [1.165, 1.54) is 6.07 Å². The van der Waals surface area contributed by atoms with Crippen LogP contribution in [0.4, 0.5) is 0 Å². The predicted octanol–water partition coefficient (Wildman–Crippen LogP) is -0.0924. The SMILES string of the molecule is NC(=O)c1cccc(OCCC(O)CO)c1. The number of hydrogen-bond donors (Lipinski definition) is 3. The van der Waals surface area contributed by atoms with E-state index < -0.39 is 12.0 Å². The third-order valence-corrected chi connectivity index (χ3v) is 2.05. The highest BCUT2D eigenvalue weighted by Gasteiger charge is 2.04. The van der Waals surface area contributed by atoms with Crippen molar-refractivity contribution in [1.29, 1.82) is 0 Å². The third-order valence-electron chi connectivity index (χ3n) is 2.05. The Morgan fingerprint density at radius 2 is 2.25 bits per heavy atom. The second-order valence-corrected chi connectivity index (χ2v) is 3.37. The fourth-order valence-electron chi connectivity index (χ4n) is 1.14. The van der Waals surface area contributed by atoms with E-state index >= 15 is 0 Å². The molecule has 5 heteroatoms. The zero-order valence-corrected chi connectivity index (χ0v) is 8.80. The van der Waals surface area contributed by atoms with Crippen molar-refractivity contribution in [3.05, 3.63) is 29.8 Å². The van der Waals surface area contributed by atoms with Crippen LogP contribution in [0.15, 0.2) is 24.3 Å². The van der Waals surface area contributed by atoms with Crippen LogP contribution in [0.5, 0.6) is 5.75 Å². The summed E-state index contributed by atoms with van der Waals surface area (Å²) in [5.41, 5.74) is 5.49. The van der Waals surface area contributed by atoms with Crippen LogP contribution in [0, 0.1) is 0 Å². The van der Waals surface area contributed by atoms with Crippen LogP contribution in [-0.4, -0.2) is 35.4 Å². The van der Waals surface area contributed by atoms with Crippen LogP contribution in [0.25, 0.3) is 0 Å². The molecule has 1 rings (SSSR count). The molecule has 1 aromatic carbocycles. The molecule has 1 amide bonds. The lowest BCUT2D eigenvalue weighted by Gasteiger charge is -2.09. The van der Waals surface area contributed by atoms with Crippen LogP contribution in [0.2, 0.25) is 0 Å². The number of ether oxygens (including phenoxy) is 1. The largest absolute Gasteiger partial charge is 0.493 e. The van der Waals surface area contributed by atoms with Gasteiger partial charge in [-0.1, -0.05) is 6.07 Å². The topological polar surface area (TPSA) is 92.8 Å². The summed E-state index contributed by atoms with van der Waals surface area (Å²) in [5, 5.41) is 17.7. The summed E-state index contributed by atoms with van der Waals surface area (Å²) in [6.45, 7) is -0.0192. The second kappa shape index (κ2) is 6.09. The number of benzene rings is 1. The molecule has 0 radical (unpaired) electrons. The zero-order valence-electron chi connectivity index (χ0n) is 8.80. The molecule has 0 heterocycles. The lowest BCUT2D eigenvalue weighted by Crippen LogP contribution is -2.16. The van der Waals surface area contributed by atoms with Crippen molar-refractivity contribution in [2.24, 2.45) is 5.73 Å². The molecule has 1 aromatic rings. The number of primary amides is 1. The molecule has 0 saturated heterocycles. The quantitative estimate of drug-likeness (QED) is 0.630. The maximum atomic E-state index is 10.9. The first-order valence-electron chi connectivity index (χ1n) is 4.95. The Labute approximate surface area is 93.5 Å². The van der Waals surface area contributed by atoms with Gasteiger partial charge in [-0.05, 0) is 18.2 Å². The van der Waals surface area contributed by atoms with E-state index in [0.29, 0.717) is 17.7 Å².